The molecule has 0 aliphatic heterocycles. The number of carbonyl (C=O) groups is 1. The fraction of sp³-hybridized carbons (Fsp3) is 0.160. The number of thioether (sulfide) groups is 1. The van der Waals surface area contributed by atoms with Crippen molar-refractivity contribution in [2.24, 2.45) is 0 Å². The van der Waals surface area contributed by atoms with E-state index in [1.807, 2.05) is 73.7 Å². The van der Waals surface area contributed by atoms with Gasteiger partial charge in [-0.05, 0) is 55.3 Å². The lowest BCUT2D eigenvalue weighted by Crippen LogP contribution is -2.23. The van der Waals surface area contributed by atoms with Crippen molar-refractivity contribution in [3.05, 3.63) is 94.3 Å². The first-order valence-corrected chi connectivity index (χ1v) is 11.1. The Balaban J connectivity index is 1.64. The van der Waals surface area contributed by atoms with Crippen LogP contribution < -0.4 is 10.9 Å². The number of para-hydroxylation sites is 1. The van der Waals surface area contributed by atoms with Crippen LogP contribution >= 0.6 is 11.8 Å². The van der Waals surface area contributed by atoms with E-state index < -0.39 is 0 Å². The lowest BCUT2D eigenvalue weighted by Gasteiger charge is -2.13. The number of hydrogen-bond acceptors (Lipinski definition) is 4. The van der Waals surface area contributed by atoms with Crippen LogP contribution in [0.5, 0.6) is 0 Å². The molecule has 0 radical (unpaired) electrons. The van der Waals surface area contributed by atoms with Crippen LogP contribution in [0.3, 0.4) is 0 Å². The number of anilines is 1. The van der Waals surface area contributed by atoms with Crippen molar-refractivity contribution in [3.63, 3.8) is 0 Å². The van der Waals surface area contributed by atoms with Gasteiger partial charge in [-0.15, -0.1) is 0 Å². The molecule has 0 aliphatic rings. The van der Waals surface area contributed by atoms with Crippen molar-refractivity contribution >= 4 is 34.3 Å². The van der Waals surface area contributed by atoms with Gasteiger partial charge in [0.1, 0.15) is 0 Å². The molecule has 156 valence electrons. The first-order chi connectivity index (χ1) is 15.0. The average Bonchev–Trinajstić information content (AvgIpc) is 2.79. The second-order valence-corrected chi connectivity index (χ2v) is 8.22. The van der Waals surface area contributed by atoms with Crippen LogP contribution in [0.15, 0.2) is 82.7 Å². The van der Waals surface area contributed by atoms with Gasteiger partial charge in [0, 0.05) is 5.69 Å². The van der Waals surface area contributed by atoms with E-state index in [1.165, 1.54) is 11.8 Å². The number of rotatable bonds is 6. The molecule has 5 nitrogen and oxygen atoms in total. The van der Waals surface area contributed by atoms with Gasteiger partial charge in [0.05, 0.1) is 22.3 Å². The Kier molecular flexibility index (Phi) is 6.18. The summed E-state index contributed by atoms with van der Waals surface area (Å²) < 4.78 is 1.58. The average molecular weight is 430 g/mol. The lowest BCUT2D eigenvalue weighted by atomic mass is 10.1. The molecule has 0 unspecified atom stereocenters. The van der Waals surface area contributed by atoms with Gasteiger partial charge in [-0.3, -0.25) is 14.2 Å². The molecule has 3 aromatic carbocycles. The summed E-state index contributed by atoms with van der Waals surface area (Å²) in [4.78, 5) is 30.5. The van der Waals surface area contributed by atoms with E-state index in [0.717, 1.165) is 28.9 Å². The number of benzene rings is 3. The summed E-state index contributed by atoms with van der Waals surface area (Å²) in [5, 5.41) is 3.97. The second-order valence-electron chi connectivity index (χ2n) is 7.28. The summed E-state index contributed by atoms with van der Waals surface area (Å²) in [5.41, 5.74) is 4.24. The number of nitrogens with zero attached hydrogens (tertiary/aromatic N) is 2. The Morgan fingerprint density at radius 2 is 1.81 bits per heavy atom. The summed E-state index contributed by atoms with van der Waals surface area (Å²) in [7, 11) is 0. The third-order valence-corrected chi connectivity index (χ3v) is 5.93. The zero-order valence-corrected chi connectivity index (χ0v) is 18.3. The third-order valence-electron chi connectivity index (χ3n) is 4.99. The molecule has 0 atom stereocenters. The maximum atomic E-state index is 13.2. The number of hydrogen-bond donors (Lipinski definition) is 1. The maximum absolute atomic E-state index is 13.2. The topological polar surface area (TPSA) is 64.0 Å². The predicted octanol–water partition coefficient (Wildman–Crippen LogP) is 4.99. The third kappa shape index (κ3) is 4.70. The van der Waals surface area contributed by atoms with Crippen molar-refractivity contribution in [2.45, 2.75) is 25.4 Å². The molecule has 4 aromatic rings. The molecule has 1 heterocycles. The van der Waals surface area contributed by atoms with Gasteiger partial charge in [-0.1, -0.05) is 60.6 Å². The number of aromatic nitrogens is 2. The molecular weight excluding hydrogens is 406 g/mol. The highest BCUT2D eigenvalue weighted by Crippen LogP contribution is 2.22. The van der Waals surface area contributed by atoms with E-state index in [1.54, 1.807) is 10.6 Å². The van der Waals surface area contributed by atoms with Crippen LogP contribution in [0.2, 0.25) is 0 Å². The Hall–Kier alpha value is -3.38. The fourth-order valence-electron chi connectivity index (χ4n) is 3.33. The van der Waals surface area contributed by atoms with Gasteiger partial charge in [0.2, 0.25) is 5.91 Å². The minimum atomic E-state index is -0.145. The molecular formula is C25H23N3O2S. The molecule has 0 saturated heterocycles. The summed E-state index contributed by atoms with van der Waals surface area (Å²) in [6, 6.07) is 22.8. The molecule has 1 aromatic heterocycles. The quantitative estimate of drug-likeness (QED) is 0.347. The largest absolute Gasteiger partial charge is 0.325 e. The van der Waals surface area contributed by atoms with Gasteiger partial charge in [0.15, 0.2) is 5.16 Å². The number of nitrogens with one attached hydrogen (secondary N) is 1. The Morgan fingerprint density at radius 3 is 2.58 bits per heavy atom. The van der Waals surface area contributed by atoms with Gasteiger partial charge >= 0.3 is 0 Å². The minimum absolute atomic E-state index is 0.142. The van der Waals surface area contributed by atoms with E-state index in [2.05, 4.69) is 17.2 Å². The maximum Gasteiger partial charge on any atom is 0.266 e. The minimum Gasteiger partial charge on any atom is -0.325 e. The van der Waals surface area contributed by atoms with Gasteiger partial charge in [-0.25, -0.2) is 4.98 Å². The SMILES string of the molecule is CCc1cccc(NC(=O)CSc2nc3ccccc3c(=O)n2-c2ccc(C)cc2)c1. The van der Waals surface area contributed by atoms with E-state index in [4.69, 9.17) is 0 Å². The van der Waals surface area contributed by atoms with E-state index >= 15 is 0 Å². The Morgan fingerprint density at radius 1 is 1.03 bits per heavy atom. The fourth-order valence-corrected chi connectivity index (χ4v) is 4.14. The lowest BCUT2D eigenvalue weighted by molar-refractivity contribution is -0.113. The highest BCUT2D eigenvalue weighted by Gasteiger charge is 2.15. The van der Waals surface area contributed by atoms with Crippen LogP contribution in [0, 0.1) is 6.92 Å². The van der Waals surface area contributed by atoms with Crippen LogP contribution in [-0.4, -0.2) is 21.2 Å². The summed E-state index contributed by atoms with van der Waals surface area (Å²) in [6.07, 6.45) is 0.905. The predicted molar refractivity (Wildman–Crippen MR) is 127 cm³/mol. The van der Waals surface area contributed by atoms with E-state index in [-0.39, 0.29) is 17.2 Å². The Bertz CT molecular complexity index is 1300. The van der Waals surface area contributed by atoms with Gasteiger partial charge in [-0.2, -0.15) is 0 Å². The van der Waals surface area contributed by atoms with Crippen molar-refractivity contribution in [1.29, 1.82) is 0 Å². The van der Waals surface area contributed by atoms with Gasteiger partial charge in [0.25, 0.3) is 5.56 Å². The summed E-state index contributed by atoms with van der Waals surface area (Å²) in [5.74, 6) is 0.00334. The number of fused-ring (bicyclic) bond motifs is 1. The van der Waals surface area contributed by atoms with E-state index in [0.29, 0.717) is 16.1 Å². The molecule has 0 saturated carbocycles. The smallest absolute Gasteiger partial charge is 0.266 e. The van der Waals surface area contributed by atoms with Crippen LogP contribution in [0.25, 0.3) is 16.6 Å². The van der Waals surface area contributed by atoms with Crippen molar-refractivity contribution in [2.75, 3.05) is 11.1 Å². The first-order valence-electron chi connectivity index (χ1n) is 10.2. The molecule has 4 rings (SSSR count). The van der Waals surface area contributed by atoms with E-state index in [9.17, 15) is 9.59 Å². The molecule has 0 aliphatic carbocycles. The Labute approximate surface area is 185 Å². The summed E-state index contributed by atoms with van der Waals surface area (Å²) in [6.45, 7) is 4.07. The molecule has 6 heteroatoms. The number of carbonyl (C=O) groups excluding carboxylic acids is 1. The highest BCUT2D eigenvalue weighted by atomic mass is 32.2. The zero-order valence-electron chi connectivity index (χ0n) is 17.5. The van der Waals surface area contributed by atoms with Crippen LogP contribution in [0.4, 0.5) is 5.69 Å². The molecule has 31 heavy (non-hydrogen) atoms. The first kappa shape index (κ1) is 20.9. The monoisotopic (exact) mass is 429 g/mol. The number of aryl methyl sites for hydroxylation is 2. The van der Waals surface area contributed by atoms with Crippen LogP contribution in [-0.2, 0) is 11.2 Å². The second kappa shape index (κ2) is 9.18. The number of amides is 1. The van der Waals surface area contributed by atoms with Crippen LogP contribution in [0.1, 0.15) is 18.1 Å². The standard InChI is InChI=1S/C25H23N3O2S/c1-3-18-7-6-8-19(15-18)26-23(29)16-31-25-27-22-10-5-4-9-21(22)24(30)28(25)20-13-11-17(2)12-14-20/h4-15H,3,16H2,1-2H3,(H,26,29). The molecule has 0 spiro atoms. The zero-order chi connectivity index (χ0) is 21.8. The summed E-state index contributed by atoms with van der Waals surface area (Å²) >= 11 is 1.25. The van der Waals surface area contributed by atoms with Crippen molar-refractivity contribution in [1.82, 2.24) is 9.55 Å². The molecule has 1 N–H and O–H groups in total. The van der Waals surface area contributed by atoms with Crippen molar-refractivity contribution < 1.29 is 4.79 Å². The van der Waals surface area contributed by atoms with Crippen molar-refractivity contribution in [3.8, 4) is 5.69 Å². The molecule has 0 bridgehead atoms. The highest BCUT2D eigenvalue weighted by molar-refractivity contribution is 7.99. The normalized spacial score (nSPS) is 10.9. The van der Waals surface area contributed by atoms with Gasteiger partial charge < -0.3 is 5.32 Å². The molecule has 0 fully saturated rings. The molecule has 1 amide bonds.